The van der Waals surface area contributed by atoms with E-state index in [0.717, 1.165) is 63.3 Å². The van der Waals surface area contributed by atoms with Gasteiger partial charge >= 0.3 is 0 Å². The Hall–Kier alpha value is -2.29. The molecule has 2 N–H and O–H groups in total. The maximum Gasteiger partial charge on any atom is 0.255 e. The molecule has 5 rings (SSSR count). The number of ether oxygens (including phenoxy) is 1. The van der Waals surface area contributed by atoms with Crippen LogP contribution in [0.4, 0.5) is 0 Å². The fourth-order valence-corrected chi connectivity index (χ4v) is 5.33. The number of nitrogens with zero attached hydrogens (tertiary/aromatic N) is 2. The maximum absolute atomic E-state index is 13.0. The Morgan fingerprint density at radius 1 is 1.23 bits per heavy atom. The number of carbonyl (C=O) groups excluding carboxylic acids is 3. The summed E-state index contributed by atoms with van der Waals surface area (Å²) in [7, 11) is 0. The van der Waals surface area contributed by atoms with E-state index in [0.29, 0.717) is 18.5 Å². The van der Waals surface area contributed by atoms with Gasteiger partial charge in [-0.05, 0) is 43.0 Å². The summed E-state index contributed by atoms with van der Waals surface area (Å²) in [4.78, 5) is 40.9. The number of hydrogen-bond acceptors (Lipinski definition) is 6. The van der Waals surface area contributed by atoms with E-state index in [1.165, 1.54) is 0 Å². The molecule has 1 aromatic carbocycles. The highest BCUT2D eigenvalue weighted by Gasteiger charge is 2.41. The Morgan fingerprint density at radius 2 is 2.13 bits per heavy atom. The van der Waals surface area contributed by atoms with E-state index in [9.17, 15) is 14.4 Å². The van der Waals surface area contributed by atoms with Crippen molar-refractivity contribution in [2.24, 2.45) is 0 Å². The van der Waals surface area contributed by atoms with Crippen molar-refractivity contribution in [2.45, 2.75) is 50.4 Å². The van der Waals surface area contributed by atoms with Crippen LogP contribution in [-0.2, 0) is 27.4 Å². The second kappa shape index (κ2) is 7.76. The molecule has 1 spiro atoms. The standard InChI is InChI=1S/C22H28N4O4/c27-19-6-5-18(20(28)24-19)26-12-17-15(3-1-4-16(17)21(26)29)11-25-9-2-7-22(14-25)13-23-8-10-30-22/h1,3-4,18,23H,2,5-14H2,(H,24,27,28). The van der Waals surface area contributed by atoms with Crippen molar-refractivity contribution in [1.29, 1.82) is 0 Å². The van der Waals surface area contributed by atoms with E-state index in [4.69, 9.17) is 4.74 Å². The van der Waals surface area contributed by atoms with Gasteiger partial charge in [0.1, 0.15) is 6.04 Å². The Kier molecular flexibility index (Phi) is 5.08. The lowest BCUT2D eigenvalue weighted by Crippen LogP contribution is -2.58. The van der Waals surface area contributed by atoms with Crippen molar-refractivity contribution < 1.29 is 19.1 Å². The maximum atomic E-state index is 13.0. The minimum atomic E-state index is -0.574. The number of morpholine rings is 1. The lowest BCUT2D eigenvalue weighted by molar-refractivity contribution is -0.136. The second-order valence-corrected chi connectivity index (χ2v) is 8.87. The minimum absolute atomic E-state index is 0.108. The van der Waals surface area contributed by atoms with Gasteiger partial charge in [-0.15, -0.1) is 0 Å². The molecule has 0 radical (unpaired) electrons. The molecule has 160 valence electrons. The lowest BCUT2D eigenvalue weighted by Gasteiger charge is -2.45. The first kappa shape index (κ1) is 19.7. The summed E-state index contributed by atoms with van der Waals surface area (Å²) in [5, 5.41) is 5.83. The molecule has 0 bridgehead atoms. The summed E-state index contributed by atoms with van der Waals surface area (Å²) in [5.74, 6) is -0.746. The molecule has 8 heteroatoms. The highest BCUT2D eigenvalue weighted by molar-refractivity contribution is 6.05. The summed E-state index contributed by atoms with van der Waals surface area (Å²) in [6.45, 7) is 5.64. The minimum Gasteiger partial charge on any atom is -0.371 e. The Bertz CT molecular complexity index is 874. The molecule has 0 aliphatic carbocycles. The Morgan fingerprint density at radius 3 is 2.93 bits per heavy atom. The van der Waals surface area contributed by atoms with Gasteiger partial charge in [-0.1, -0.05) is 12.1 Å². The predicted octanol–water partition coefficient (Wildman–Crippen LogP) is 0.402. The van der Waals surface area contributed by atoms with Gasteiger partial charge in [0, 0.05) is 44.7 Å². The van der Waals surface area contributed by atoms with Crippen LogP contribution in [0, 0.1) is 0 Å². The van der Waals surface area contributed by atoms with Crippen LogP contribution in [0.1, 0.15) is 47.2 Å². The van der Waals surface area contributed by atoms with Crippen molar-refractivity contribution in [3.05, 3.63) is 34.9 Å². The quantitative estimate of drug-likeness (QED) is 0.699. The monoisotopic (exact) mass is 412 g/mol. The SMILES string of the molecule is O=C1CCC(N2Cc3c(CN4CCCC5(CNCCO5)C4)cccc3C2=O)C(=O)N1. The van der Waals surface area contributed by atoms with Gasteiger partial charge in [0.05, 0.1) is 12.2 Å². The fourth-order valence-electron chi connectivity index (χ4n) is 5.33. The topological polar surface area (TPSA) is 91.0 Å². The van der Waals surface area contributed by atoms with Gasteiger partial charge < -0.3 is 15.0 Å². The Labute approximate surface area is 175 Å². The van der Waals surface area contributed by atoms with E-state index in [-0.39, 0.29) is 29.7 Å². The molecule has 3 fully saturated rings. The molecule has 30 heavy (non-hydrogen) atoms. The zero-order valence-electron chi connectivity index (χ0n) is 17.1. The molecular formula is C22H28N4O4. The first-order valence-electron chi connectivity index (χ1n) is 10.9. The van der Waals surface area contributed by atoms with Crippen LogP contribution < -0.4 is 10.6 Å². The van der Waals surface area contributed by atoms with Crippen LogP contribution in [0.5, 0.6) is 0 Å². The summed E-state index contributed by atoms with van der Waals surface area (Å²) >= 11 is 0. The number of benzene rings is 1. The molecule has 2 unspecified atom stereocenters. The van der Waals surface area contributed by atoms with Gasteiger partial charge in [0.25, 0.3) is 5.91 Å². The van der Waals surface area contributed by atoms with E-state index in [1.54, 1.807) is 4.90 Å². The average molecular weight is 412 g/mol. The lowest BCUT2D eigenvalue weighted by atomic mass is 9.90. The number of hydrogen-bond donors (Lipinski definition) is 2. The molecule has 0 saturated carbocycles. The third-order valence-corrected chi connectivity index (χ3v) is 6.83. The van der Waals surface area contributed by atoms with Gasteiger partial charge in [0.15, 0.2) is 0 Å². The van der Waals surface area contributed by atoms with E-state index < -0.39 is 6.04 Å². The van der Waals surface area contributed by atoms with Crippen LogP contribution >= 0.6 is 0 Å². The number of piperidine rings is 2. The first-order valence-corrected chi connectivity index (χ1v) is 10.9. The molecule has 0 aromatic heterocycles. The van der Waals surface area contributed by atoms with Crippen molar-refractivity contribution >= 4 is 17.7 Å². The second-order valence-electron chi connectivity index (χ2n) is 8.87. The summed E-state index contributed by atoms with van der Waals surface area (Å²) in [6.07, 6.45) is 2.83. The molecule has 4 heterocycles. The molecule has 4 aliphatic heterocycles. The van der Waals surface area contributed by atoms with Gasteiger partial charge in [0.2, 0.25) is 11.8 Å². The van der Waals surface area contributed by atoms with Crippen molar-refractivity contribution in [2.75, 3.05) is 32.8 Å². The van der Waals surface area contributed by atoms with E-state index in [2.05, 4.69) is 21.6 Å². The zero-order chi connectivity index (χ0) is 20.7. The molecule has 1 aromatic rings. The number of amides is 3. The molecule has 2 atom stereocenters. The number of carbonyl (C=O) groups is 3. The molecular weight excluding hydrogens is 384 g/mol. The average Bonchev–Trinajstić information content (AvgIpc) is 3.06. The van der Waals surface area contributed by atoms with Crippen LogP contribution in [-0.4, -0.2) is 72.0 Å². The summed E-state index contributed by atoms with van der Waals surface area (Å²) in [5.41, 5.74) is 2.72. The van der Waals surface area contributed by atoms with Gasteiger partial charge in [-0.3, -0.25) is 24.6 Å². The largest absolute Gasteiger partial charge is 0.371 e. The van der Waals surface area contributed by atoms with E-state index in [1.807, 2.05) is 12.1 Å². The number of rotatable bonds is 3. The normalized spacial score (nSPS) is 29.9. The van der Waals surface area contributed by atoms with Crippen LogP contribution in [0.3, 0.4) is 0 Å². The number of imide groups is 1. The molecule has 4 aliphatic rings. The number of fused-ring (bicyclic) bond motifs is 1. The van der Waals surface area contributed by atoms with Crippen molar-refractivity contribution in [3.8, 4) is 0 Å². The summed E-state index contributed by atoms with van der Waals surface area (Å²) in [6, 6.07) is 5.29. The molecule has 3 saturated heterocycles. The van der Waals surface area contributed by atoms with Crippen LogP contribution in [0.2, 0.25) is 0 Å². The smallest absolute Gasteiger partial charge is 0.255 e. The number of nitrogens with one attached hydrogen (secondary N) is 2. The number of likely N-dealkylation sites (tertiary alicyclic amines) is 1. The molecule has 3 amide bonds. The third kappa shape index (κ3) is 3.53. The van der Waals surface area contributed by atoms with Crippen molar-refractivity contribution in [1.82, 2.24) is 20.4 Å². The molecule has 8 nitrogen and oxygen atoms in total. The Balaban J connectivity index is 1.33. The highest BCUT2D eigenvalue weighted by atomic mass is 16.5. The zero-order valence-corrected chi connectivity index (χ0v) is 17.1. The van der Waals surface area contributed by atoms with Gasteiger partial charge in [-0.25, -0.2) is 0 Å². The van der Waals surface area contributed by atoms with Crippen molar-refractivity contribution in [3.63, 3.8) is 0 Å². The first-order chi connectivity index (χ1) is 14.5. The fraction of sp³-hybridized carbons (Fsp3) is 0.591. The van der Waals surface area contributed by atoms with Crippen LogP contribution in [0.15, 0.2) is 18.2 Å². The van der Waals surface area contributed by atoms with E-state index >= 15 is 0 Å². The van der Waals surface area contributed by atoms with Crippen LogP contribution in [0.25, 0.3) is 0 Å². The highest BCUT2D eigenvalue weighted by Crippen LogP contribution is 2.32. The van der Waals surface area contributed by atoms with Gasteiger partial charge in [-0.2, -0.15) is 0 Å². The predicted molar refractivity (Wildman–Crippen MR) is 109 cm³/mol. The summed E-state index contributed by atoms with van der Waals surface area (Å²) < 4.78 is 6.16. The third-order valence-electron chi connectivity index (χ3n) is 6.83.